The lowest BCUT2D eigenvalue weighted by Crippen LogP contribution is -2.30. The van der Waals surface area contributed by atoms with Crippen LogP contribution in [0.5, 0.6) is 0 Å². The van der Waals surface area contributed by atoms with Crippen molar-refractivity contribution in [1.82, 2.24) is 0 Å². The second kappa shape index (κ2) is 48.8. The molecule has 348 valence electrons. The molecule has 6 heteroatoms. The van der Waals surface area contributed by atoms with E-state index in [2.05, 4.69) is 32.9 Å². The van der Waals surface area contributed by atoms with Crippen LogP contribution in [-0.4, -0.2) is 37.2 Å². The molecule has 0 aliphatic rings. The van der Waals surface area contributed by atoms with Crippen LogP contribution in [0.4, 0.5) is 0 Å². The Morgan fingerprint density at radius 2 is 0.559 bits per heavy atom. The number of carbonyl (C=O) groups is 3. The molecule has 0 bridgehead atoms. The van der Waals surface area contributed by atoms with Crippen molar-refractivity contribution in [2.24, 2.45) is 0 Å². The van der Waals surface area contributed by atoms with Crippen molar-refractivity contribution >= 4 is 17.9 Å². The van der Waals surface area contributed by atoms with Gasteiger partial charge in [0.1, 0.15) is 13.2 Å². The zero-order chi connectivity index (χ0) is 43.0. The largest absolute Gasteiger partial charge is 0.462 e. The minimum Gasteiger partial charge on any atom is -0.462 e. The first-order valence-electron chi connectivity index (χ1n) is 26.2. The molecule has 0 amide bonds. The second-order valence-corrected chi connectivity index (χ2v) is 17.8. The Morgan fingerprint density at radius 1 is 0.322 bits per heavy atom. The topological polar surface area (TPSA) is 78.9 Å². The molecule has 0 fully saturated rings. The van der Waals surface area contributed by atoms with Gasteiger partial charge in [-0.05, 0) is 44.9 Å². The molecule has 0 aromatic heterocycles. The molecule has 0 saturated heterocycles. The fourth-order valence-corrected chi connectivity index (χ4v) is 7.79. The molecule has 59 heavy (non-hydrogen) atoms. The molecular weight excluding hydrogens is 733 g/mol. The van der Waals surface area contributed by atoms with Gasteiger partial charge in [0, 0.05) is 19.3 Å². The lowest BCUT2D eigenvalue weighted by Gasteiger charge is -2.18. The molecule has 0 aliphatic heterocycles. The van der Waals surface area contributed by atoms with E-state index in [0.717, 1.165) is 57.8 Å². The predicted molar refractivity (Wildman–Crippen MR) is 252 cm³/mol. The molecule has 0 heterocycles. The molecule has 1 unspecified atom stereocenters. The second-order valence-electron chi connectivity index (χ2n) is 17.8. The Hall–Kier alpha value is -1.85. The predicted octanol–water partition coefficient (Wildman–Crippen LogP) is 17.0. The van der Waals surface area contributed by atoms with E-state index < -0.39 is 6.10 Å². The zero-order valence-corrected chi connectivity index (χ0v) is 39.8. The SMILES string of the molecule is CCCCCCCCCC/C=C\CCCCCCCCCCCCCCCC(=O)OCC(COC(=O)CCCCCCCC)OC(=O)CCCCCCCCCCCC. The molecule has 0 spiro atoms. The third-order valence-corrected chi connectivity index (χ3v) is 11.8. The Kier molecular flexibility index (Phi) is 47.3. The van der Waals surface area contributed by atoms with E-state index in [1.165, 1.54) is 193 Å². The summed E-state index contributed by atoms with van der Waals surface area (Å²) < 4.78 is 16.7. The van der Waals surface area contributed by atoms with Gasteiger partial charge in [-0.3, -0.25) is 14.4 Å². The summed E-state index contributed by atoms with van der Waals surface area (Å²) >= 11 is 0. The molecular formula is C53H100O6. The van der Waals surface area contributed by atoms with E-state index in [9.17, 15) is 14.4 Å². The van der Waals surface area contributed by atoms with Gasteiger partial charge in [0.05, 0.1) is 0 Å². The number of hydrogen-bond donors (Lipinski definition) is 0. The smallest absolute Gasteiger partial charge is 0.306 e. The lowest BCUT2D eigenvalue weighted by molar-refractivity contribution is -0.167. The number of rotatable bonds is 48. The Morgan fingerprint density at radius 3 is 0.847 bits per heavy atom. The Bertz CT molecular complexity index is 916. The van der Waals surface area contributed by atoms with Crippen molar-refractivity contribution in [3.05, 3.63) is 12.2 Å². The van der Waals surface area contributed by atoms with Crippen molar-refractivity contribution in [3.63, 3.8) is 0 Å². The van der Waals surface area contributed by atoms with Gasteiger partial charge >= 0.3 is 17.9 Å². The molecule has 0 N–H and O–H groups in total. The molecule has 0 aromatic carbocycles. The molecule has 1 atom stereocenters. The maximum absolute atomic E-state index is 12.7. The van der Waals surface area contributed by atoms with Crippen LogP contribution in [0.25, 0.3) is 0 Å². The summed E-state index contributed by atoms with van der Waals surface area (Å²) in [6.07, 6.45) is 53.8. The number of esters is 3. The maximum atomic E-state index is 12.7. The first-order valence-corrected chi connectivity index (χ1v) is 26.2. The highest BCUT2D eigenvalue weighted by molar-refractivity contribution is 5.71. The van der Waals surface area contributed by atoms with E-state index >= 15 is 0 Å². The third-order valence-electron chi connectivity index (χ3n) is 11.8. The number of allylic oxidation sites excluding steroid dienone is 2. The van der Waals surface area contributed by atoms with Crippen LogP contribution in [0.1, 0.15) is 290 Å². The van der Waals surface area contributed by atoms with Crippen molar-refractivity contribution in [3.8, 4) is 0 Å². The van der Waals surface area contributed by atoms with Gasteiger partial charge < -0.3 is 14.2 Å². The van der Waals surface area contributed by atoms with Crippen molar-refractivity contribution in [2.75, 3.05) is 13.2 Å². The van der Waals surface area contributed by atoms with Crippen LogP contribution in [0, 0.1) is 0 Å². The van der Waals surface area contributed by atoms with Crippen molar-refractivity contribution < 1.29 is 28.6 Å². The maximum Gasteiger partial charge on any atom is 0.306 e. The fourth-order valence-electron chi connectivity index (χ4n) is 7.79. The van der Waals surface area contributed by atoms with Crippen LogP contribution >= 0.6 is 0 Å². The molecule has 0 rings (SSSR count). The monoisotopic (exact) mass is 833 g/mol. The van der Waals surface area contributed by atoms with Gasteiger partial charge in [-0.2, -0.15) is 0 Å². The van der Waals surface area contributed by atoms with Gasteiger partial charge in [0.25, 0.3) is 0 Å². The number of unbranched alkanes of at least 4 members (excludes halogenated alkanes) is 35. The number of carbonyl (C=O) groups excluding carboxylic acids is 3. The fraction of sp³-hybridized carbons (Fsp3) is 0.906. The molecule has 6 nitrogen and oxygen atoms in total. The summed E-state index contributed by atoms with van der Waals surface area (Å²) in [5, 5.41) is 0. The standard InChI is InChI=1S/C53H100O6/c1-4-7-10-13-16-18-20-21-22-23-24-25-26-27-28-29-30-31-32-33-34-36-37-40-43-46-52(55)58-49-50(48-57-51(54)45-42-39-15-12-9-6-3)59-53(56)47-44-41-38-35-19-17-14-11-8-5-2/h23-24,50H,4-22,25-49H2,1-3H3/b24-23-. The van der Waals surface area contributed by atoms with E-state index in [4.69, 9.17) is 14.2 Å². The minimum atomic E-state index is -0.760. The summed E-state index contributed by atoms with van der Waals surface area (Å²) in [5.74, 6) is -0.864. The van der Waals surface area contributed by atoms with E-state index in [0.29, 0.717) is 19.3 Å². The van der Waals surface area contributed by atoms with Gasteiger partial charge in [-0.25, -0.2) is 0 Å². The van der Waals surface area contributed by atoms with Crippen LogP contribution in [0.3, 0.4) is 0 Å². The molecule has 0 saturated carbocycles. The summed E-state index contributed by atoms with van der Waals surface area (Å²) in [5.41, 5.74) is 0. The van der Waals surface area contributed by atoms with Gasteiger partial charge in [0.15, 0.2) is 6.10 Å². The summed E-state index contributed by atoms with van der Waals surface area (Å²) in [6.45, 7) is 6.59. The zero-order valence-electron chi connectivity index (χ0n) is 39.8. The Labute approximate surface area is 367 Å². The number of ether oxygens (including phenoxy) is 3. The van der Waals surface area contributed by atoms with Gasteiger partial charge in [-0.15, -0.1) is 0 Å². The third kappa shape index (κ3) is 47.1. The minimum absolute atomic E-state index is 0.0658. The first kappa shape index (κ1) is 57.1. The van der Waals surface area contributed by atoms with Crippen molar-refractivity contribution in [1.29, 1.82) is 0 Å². The van der Waals surface area contributed by atoms with Crippen LogP contribution in [0.15, 0.2) is 12.2 Å². The summed E-state index contributed by atoms with van der Waals surface area (Å²) in [6, 6.07) is 0. The summed E-state index contributed by atoms with van der Waals surface area (Å²) in [7, 11) is 0. The van der Waals surface area contributed by atoms with Gasteiger partial charge in [0.2, 0.25) is 0 Å². The number of hydrogen-bond acceptors (Lipinski definition) is 6. The quantitative estimate of drug-likeness (QED) is 0.0263. The average molecular weight is 833 g/mol. The normalized spacial score (nSPS) is 12.0. The molecule has 0 aliphatic carbocycles. The highest BCUT2D eigenvalue weighted by atomic mass is 16.6. The van der Waals surface area contributed by atoms with E-state index in [1.807, 2.05) is 0 Å². The molecule has 0 aromatic rings. The van der Waals surface area contributed by atoms with Crippen LogP contribution < -0.4 is 0 Å². The highest BCUT2D eigenvalue weighted by Crippen LogP contribution is 2.16. The van der Waals surface area contributed by atoms with Crippen LogP contribution in [-0.2, 0) is 28.6 Å². The summed E-state index contributed by atoms with van der Waals surface area (Å²) in [4.78, 5) is 37.6. The first-order chi connectivity index (χ1) is 29.0. The Balaban J connectivity index is 4.00. The van der Waals surface area contributed by atoms with E-state index in [1.54, 1.807) is 0 Å². The highest BCUT2D eigenvalue weighted by Gasteiger charge is 2.19. The van der Waals surface area contributed by atoms with E-state index in [-0.39, 0.29) is 31.1 Å². The van der Waals surface area contributed by atoms with Crippen LogP contribution in [0.2, 0.25) is 0 Å². The average Bonchev–Trinajstić information content (AvgIpc) is 3.23. The van der Waals surface area contributed by atoms with Crippen molar-refractivity contribution in [2.45, 2.75) is 297 Å². The lowest BCUT2D eigenvalue weighted by atomic mass is 10.0. The molecule has 0 radical (unpaired) electrons. The van der Waals surface area contributed by atoms with Gasteiger partial charge in [-0.1, -0.05) is 238 Å².